The molecular formula is C35H32O8. The summed E-state index contributed by atoms with van der Waals surface area (Å²) in [5.74, 6) is 1.30. The van der Waals surface area contributed by atoms with Crippen molar-refractivity contribution in [3.63, 3.8) is 0 Å². The molecular weight excluding hydrogens is 548 g/mol. The summed E-state index contributed by atoms with van der Waals surface area (Å²) in [6, 6.07) is 22.6. The Labute approximate surface area is 250 Å². The van der Waals surface area contributed by atoms with Gasteiger partial charge in [0, 0.05) is 20.8 Å². The lowest BCUT2D eigenvalue weighted by atomic mass is 9.89. The van der Waals surface area contributed by atoms with Gasteiger partial charge < -0.3 is 23.7 Å². The molecule has 8 heteroatoms. The van der Waals surface area contributed by atoms with Gasteiger partial charge in [-0.2, -0.15) is 0 Å². The van der Waals surface area contributed by atoms with E-state index < -0.39 is 17.9 Å². The Hall–Kier alpha value is -5.11. The van der Waals surface area contributed by atoms with Gasteiger partial charge in [0.15, 0.2) is 23.0 Å². The molecule has 4 bridgehead atoms. The summed E-state index contributed by atoms with van der Waals surface area (Å²) in [6.07, 6.45) is 2.58. The van der Waals surface area contributed by atoms with Crippen molar-refractivity contribution in [3.05, 3.63) is 95.1 Å². The maximum atomic E-state index is 11.9. The van der Waals surface area contributed by atoms with E-state index in [1.54, 1.807) is 19.2 Å². The summed E-state index contributed by atoms with van der Waals surface area (Å²) in [7, 11) is 1.54. The average molecular weight is 581 g/mol. The number of hydrogen-bond acceptors (Lipinski definition) is 8. The SMILES string of the molecule is COc1cc2c(cc1OC(C)=O)-c1ccc(OC(C)=O)cc1CCc1ccc(OC(C)=O)c(c1)Oc1ccc(cc1)CC2. The third-order valence-corrected chi connectivity index (χ3v) is 7.05. The second kappa shape index (κ2) is 12.8. The molecule has 0 fully saturated rings. The van der Waals surface area contributed by atoms with Crippen molar-refractivity contribution in [3.8, 4) is 45.6 Å². The third-order valence-electron chi connectivity index (χ3n) is 7.05. The van der Waals surface area contributed by atoms with E-state index in [9.17, 15) is 14.4 Å². The van der Waals surface area contributed by atoms with E-state index in [2.05, 4.69) is 0 Å². The van der Waals surface area contributed by atoms with E-state index >= 15 is 0 Å². The molecule has 4 aromatic carbocycles. The lowest BCUT2D eigenvalue weighted by molar-refractivity contribution is -0.132. The summed E-state index contributed by atoms with van der Waals surface area (Å²) in [5, 5.41) is 0. The quantitative estimate of drug-likeness (QED) is 0.192. The Morgan fingerprint density at radius 2 is 1.21 bits per heavy atom. The number of methoxy groups -OCH3 is 1. The summed E-state index contributed by atoms with van der Waals surface area (Å²) in [4.78, 5) is 35.5. The molecule has 43 heavy (non-hydrogen) atoms. The van der Waals surface area contributed by atoms with Crippen molar-refractivity contribution < 1.29 is 38.1 Å². The molecule has 2 heterocycles. The fourth-order valence-corrected chi connectivity index (χ4v) is 5.16. The number of ether oxygens (including phenoxy) is 5. The highest BCUT2D eigenvalue weighted by Gasteiger charge is 2.19. The molecule has 0 N–H and O–H groups in total. The molecule has 6 rings (SSSR count). The number of aryl methyl sites for hydroxylation is 4. The molecule has 0 saturated heterocycles. The van der Waals surface area contributed by atoms with Crippen molar-refractivity contribution >= 4 is 17.9 Å². The zero-order valence-corrected chi connectivity index (χ0v) is 24.5. The van der Waals surface area contributed by atoms with Gasteiger partial charge in [-0.05, 0) is 108 Å². The molecule has 0 radical (unpaired) electrons. The molecule has 0 aromatic heterocycles. The van der Waals surface area contributed by atoms with Crippen LogP contribution in [0, 0.1) is 0 Å². The molecule has 0 atom stereocenters. The van der Waals surface area contributed by atoms with Crippen LogP contribution in [0.4, 0.5) is 0 Å². The van der Waals surface area contributed by atoms with Crippen molar-refractivity contribution in [1.29, 1.82) is 0 Å². The fourth-order valence-electron chi connectivity index (χ4n) is 5.16. The number of esters is 3. The van der Waals surface area contributed by atoms with Crippen molar-refractivity contribution in [2.45, 2.75) is 46.5 Å². The minimum Gasteiger partial charge on any atom is -0.493 e. The monoisotopic (exact) mass is 580 g/mol. The van der Waals surface area contributed by atoms with Gasteiger partial charge in [0.25, 0.3) is 0 Å². The third kappa shape index (κ3) is 7.22. The Morgan fingerprint density at radius 3 is 1.88 bits per heavy atom. The molecule has 0 unspecified atom stereocenters. The van der Waals surface area contributed by atoms with Gasteiger partial charge in [-0.1, -0.05) is 24.3 Å². The van der Waals surface area contributed by atoms with Crippen LogP contribution in [0.15, 0.2) is 72.8 Å². The standard InChI is InChI=1S/C35H32O8/c1-21(36)40-29-14-15-30-26(18-29)11-6-25-9-16-32(41-22(2)37)34(17-25)43-28-12-7-24(8-13-28)5-10-27-19-33(39-4)35(20-31(27)30)42-23(3)38/h7-9,12-20H,5-6,10-11H2,1-4H3. The fraction of sp³-hybridized carbons (Fsp3) is 0.229. The Morgan fingerprint density at radius 1 is 0.581 bits per heavy atom. The topological polar surface area (TPSA) is 97.4 Å². The summed E-state index contributed by atoms with van der Waals surface area (Å²) >= 11 is 0. The van der Waals surface area contributed by atoms with E-state index in [0.29, 0.717) is 53.8 Å². The lowest BCUT2D eigenvalue weighted by Crippen LogP contribution is -2.06. The number of carbonyl (C=O) groups excluding carboxylic acids is 3. The minimum absolute atomic E-state index is 0.324. The number of fused-ring (bicyclic) bond motifs is 4. The molecule has 0 saturated carbocycles. The largest absolute Gasteiger partial charge is 0.493 e. The van der Waals surface area contributed by atoms with E-state index in [1.807, 2.05) is 60.7 Å². The minimum atomic E-state index is -0.452. The van der Waals surface area contributed by atoms with Crippen LogP contribution >= 0.6 is 0 Å². The zero-order valence-electron chi connectivity index (χ0n) is 24.5. The van der Waals surface area contributed by atoms with Crippen LogP contribution in [-0.2, 0) is 40.1 Å². The van der Waals surface area contributed by atoms with Gasteiger partial charge in [0.05, 0.1) is 7.11 Å². The predicted molar refractivity (Wildman–Crippen MR) is 160 cm³/mol. The Bertz CT molecular complexity index is 1690. The molecule has 4 aromatic rings. The van der Waals surface area contributed by atoms with Crippen LogP contribution in [0.25, 0.3) is 11.1 Å². The van der Waals surface area contributed by atoms with Crippen LogP contribution in [0.3, 0.4) is 0 Å². The molecule has 0 amide bonds. The van der Waals surface area contributed by atoms with Crippen LogP contribution < -0.4 is 23.7 Å². The van der Waals surface area contributed by atoms with Crippen LogP contribution in [0.1, 0.15) is 43.0 Å². The Balaban J connectivity index is 1.68. The second-order valence-corrected chi connectivity index (χ2v) is 10.3. The molecule has 220 valence electrons. The van der Waals surface area contributed by atoms with Crippen LogP contribution in [-0.4, -0.2) is 25.0 Å². The lowest BCUT2D eigenvalue weighted by Gasteiger charge is -2.19. The summed E-state index contributed by atoms with van der Waals surface area (Å²) in [5.41, 5.74) is 5.79. The maximum Gasteiger partial charge on any atom is 0.308 e. The van der Waals surface area contributed by atoms with Crippen molar-refractivity contribution in [2.75, 3.05) is 7.11 Å². The summed E-state index contributed by atoms with van der Waals surface area (Å²) < 4.78 is 28.2. The maximum absolute atomic E-state index is 11.9. The van der Waals surface area contributed by atoms with Gasteiger partial charge in [0.1, 0.15) is 11.5 Å². The second-order valence-electron chi connectivity index (χ2n) is 10.3. The van der Waals surface area contributed by atoms with E-state index in [0.717, 1.165) is 39.8 Å². The Kier molecular flexibility index (Phi) is 8.76. The molecule has 2 aliphatic rings. The predicted octanol–water partition coefficient (Wildman–Crippen LogP) is 6.81. The highest BCUT2D eigenvalue weighted by atomic mass is 16.6. The van der Waals surface area contributed by atoms with Crippen LogP contribution in [0.5, 0.6) is 34.5 Å². The van der Waals surface area contributed by atoms with Gasteiger partial charge in [0.2, 0.25) is 0 Å². The zero-order chi connectivity index (χ0) is 30.5. The van der Waals surface area contributed by atoms with E-state index in [-0.39, 0.29) is 0 Å². The first-order chi connectivity index (χ1) is 20.7. The molecule has 0 spiro atoms. The average Bonchev–Trinajstić information content (AvgIpc) is 2.96. The molecule has 2 aliphatic heterocycles. The number of benzene rings is 4. The number of rotatable bonds is 4. The first-order valence-corrected chi connectivity index (χ1v) is 14.0. The number of carbonyl (C=O) groups is 3. The van der Waals surface area contributed by atoms with Gasteiger partial charge in [-0.15, -0.1) is 0 Å². The highest BCUT2D eigenvalue weighted by molar-refractivity contribution is 5.78. The first kappa shape index (κ1) is 29.4. The van der Waals surface area contributed by atoms with Crippen molar-refractivity contribution in [1.82, 2.24) is 0 Å². The molecule has 0 aliphatic carbocycles. The normalized spacial score (nSPS) is 12.3. The van der Waals surface area contributed by atoms with Gasteiger partial charge in [-0.3, -0.25) is 14.4 Å². The van der Waals surface area contributed by atoms with Crippen molar-refractivity contribution in [2.24, 2.45) is 0 Å². The van der Waals surface area contributed by atoms with Gasteiger partial charge >= 0.3 is 17.9 Å². The van der Waals surface area contributed by atoms with E-state index in [1.165, 1.54) is 20.8 Å². The molecule has 8 nitrogen and oxygen atoms in total. The first-order valence-electron chi connectivity index (χ1n) is 14.0. The summed E-state index contributed by atoms with van der Waals surface area (Å²) in [6.45, 7) is 4.07. The highest BCUT2D eigenvalue weighted by Crippen LogP contribution is 2.40. The smallest absolute Gasteiger partial charge is 0.308 e. The van der Waals surface area contributed by atoms with Crippen LogP contribution in [0.2, 0.25) is 0 Å². The van der Waals surface area contributed by atoms with Gasteiger partial charge in [-0.25, -0.2) is 0 Å². The van der Waals surface area contributed by atoms with E-state index in [4.69, 9.17) is 23.7 Å². The number of hydrogen-bond donors (Lipinski definition) is 0.